The molecule has 2 rings (SSSR count). The van der Waals surface area contributed by atoms with Gasteiger partial charge in [-0.25, -0.2) is 14.2 Å². The number of aryl methyl sites for hydroxylation is 1. The van der Waals surface area contributed by atoms with E-state index in [1.54, 1.807) is 10.9 Å². The maximum Gasteiger partial charge on any atom is 0.339 e. The number of anilines is 1. The smallest absolute Gasteiger partial charge is 0.339 e. The molecule has 0 saturated carbocycles. The highest BCUT2D eigenvalue weighted by Crippen LogP contribution is 2.13. The molecule has 0 atom stereocenters. The van der Waals surface area contributed by atoms with Crippen molar-refractivity contribution in [3.8, 4) is 0 Å². The van der Waals surface area contributed by atoms with Crippen LogP contribution in [0.15, 0.2) is 24.5 Å². The van der Waals surface area contributed by atoms with E-state index < -0.39 is 11.8 Å². The molecule has 0 aromatic carbocycles. The van der Waals surface area contributed by atoms with Crippen LogP contribution in [-0.4, -0.2) is 32.4 Å². The third-order valence-corrected chi connectivity index (χ3v) is 2.68. The fraction of sp³-hybridized carbons (Fsp3) is 0.250. The lowest BCUT2D eigenvalue weighted by atomic mass is 10.2. The predicted octanol–water partition coefficient (Wildman–Crippen LogP) is 1.31. The van der Waals surface area contributed by atoms with Crippen LogP contribution in [0.2, 0.25) is 0 Å². The number of hydrogen-bond acceptors (Lipinski definition) is 4. The van der Waals surface area contributed by atoms with E-state index in [1.165, 1.54) is 0 Å². The van der Waals surface area contributed by atoms with Crippen LogP contribution < -0.4 is 5.32 Å². The van der Waals surface area contributed by atoms with Gasteiger partial charge in [-0.1, -0.05) is 0 Å². The minimum absolute atomic E-state index is 0.163. The number of carbonyl (C=O) groups is 1. The molecular weight excluding hydrogens is 251 g/mol. The SMILES string of the molecule is Cn1nccc1CCNc1ncc(F)cc1C(=O)O. The monoisotopic (exact) mass is 264 g/mol. The van der Waals surface area contributed by atoms with Crippen LogP contribution in [0.1, 0.15) is 16.1 Å². The summed E-state index contributed by atoms with van der Waals surface area (Å²) in [6.45, 7) is 0.485. The van der Waals surface area contributed by atoms with Crippen LogP contribution in [0.5, 0.6) is 0 Å². The normalized spacial score (nSPS) is 10.4. The van der Waals surface area contributed by atoms with E-state index in [0.29, 0.717) is 13.0 Å². The van der Waals surface area contributed by atoms with Gasteiger partial charge >= 0.3 is 5.97 Å². The largest absolute Gasteiger partial charge is 0.478 e. The van der Waals surface area contributed by atoms with Gasteiger partial charge in [0.25, 0.3) is 0 Å². The Hall–Kier alpha value is -2.44. The van der Waals surface area contributed by atoms with Crippen LogP contribution >= 0.6 is 0 Å². The molecule has 2 heterocycles. The van der Waals surface area contributed by atoms with E-state index in [0.717, 1.165) is 18.0 Å². The molecule has 7 heteroatoms. The molecule has 0 radical (unpaired) electrons. The summed E-state index contributed by atoms with van der Waals surface area (Å²) in [5.74, 6) is -1.72. The summed E-state index contributed by atoms with van der Waals surface area (Å²) >= 11 is 0. The topological polar surface area (TPSA) is 80.0 Å². The number of carboxylic acid groups (broad SMARTS) is 1. The van der Waals surface area contributed by atoms with Gasteiger partial charge in [0.15, 0.2) is 0 Å². The molecule has 0 spiro atoms. The second-order valence-electron chi connectivity index (χ2n) is 3.98. The van der Waals surface area contributed by atoms with E-state index in [1.807, 2.05) is 13.1 Å². The maximum absolute atomic E-state index is 12.9. The zero-order valence-corrected chi connectivity index (χ0v) is 10.3. The van der Waals surface area contributed by atoms with Gasteiger partial charge < -0.3 is 10.4 Å². The average molecular weight is 264 g/mol. The van der Waals surface area contributed by atoms with Crippen LogP contribution in [0, 0.1) is 5.82 Å². The fourth-order valence-corrected chi connectivity index (χ4v) is 1.70. The van der Waals surface area contributed by atoms with Crippen molar-refractivity contribution in [3.05, 3.63) is 41.6 Å². The maximum atomic E-state index is 12.9. The second-order valence-corrected chi connectivity index (χ2v) is 3.98. The highest BCUT2D eigenvalue weighted by Gasteiger charge is 2.12. The lowest BCUT2D eigenvalue weighted by Crippen LogP contribution is -2.13. The predicted molar refractivity (Wildman–Crippen MR) is 66.6 cm³/mol. The molecule has 0 aliphatic rings. The summed E-state index contributed by atoms with van der Waals surface area (Å²) in [4.78, 5) is 14.7. The Labute approximate surface area is 108 Å². The molecule has 2 N–H and O–H groups in total. The van der Waals surface area contributed by atoms with Crippen LogP contribution in [0.4, 0.5) is 10.2 Å². The first-order chi connectivity index (χ1) is 9.08. The molecule has 0 amide bonds. The van der Waals surface area contributed by atoms with Gasteiger partial charge in [-0.2, -0.15) is 5.10 Å². The number of aromatic nitrogens is 3. The van der Waals surface area contributed by atoms with Crippen LogP contribution in [-0.2, 0) is 13.5 Å². The molecule has 0 saturated heterocycles. The van der Waals surface area contributed by atoms with Crippen molar-refractivity contribution in [2.75, 3.05) is 11.9 Å². The summed E-state index contributed by atoms with van der Waals surface area (Å²) in [6, 6.07) is 2.82. The molecule has 0 bridgehead atoms. The number of carboxylic acids is 1. The summed E-state index contributed by atoms with van der Waals surface area (Å²) in [5.41, 5.74) is 0.830. The second kappa shape index (κ2) is 5.47. The van der Waals surface area contributed by atoms with E-state index in [9.17, 15) is 9.18 Å². The Morgan fingerprint density at radius 2 is 2.37 bits per heavy atom. The van der Waals surface area contributed by atoms with Crippen LogP contribution in [0.25, 0.3) is 0 Å². The Morgan fingerprint density at radius 1 is 1.58 bits per heavy atom. The molecule has 0 aliphatic heterocycles. The number of pyridine rings is 1. The Balaban J connectivity index is 2.03. The standard InChI is InChI=1S/C12H13FN4O2/c1-17-9(3-5-16-17)2-4-14-11-10(12(18)19)6-8(13)7-15-11/h3,5-7H,2,4H2,1H3,(H,14,15)(H,18,19). The number of nitrogens with zero attached hydrogens (tertiary/aromatic N) is 3. The van der Waals surface area contributed by atoms with E-state index >= 15 is 0 Å². The van der Waals surface area contributed by atoms with Gasteiger partial charge in [0.2, 0.25) is 0 Å². The molecule has 2 aromatic rings. The number of halogens is 1. The zero-order valence-electron chi connectivity index (χ0n) is 10.3. The summed E-state index contributed by atoms with van der Waals surface area (Å²) in [6.07, 6.45) is 3.33. The van der Waals surface area contributed by atoms with Gasteiger partial charge in [0, 0.05) is 31.9 Å². The first kappa shape index (κ1) is 13.0. The quantitative estimate of drug-likeness (QED) is 0.851. The first-order valence-electron chi connectivity index (χ1n) is 5.67. The minimum atomic E-state index is -1.21. The lowest BCUT2D eigenvalue weighted by Gasteiger charge is -2.08. The number of aromatic carboxylic acids is 1. The van der Waals surface area contributed by atoms with Crippen molar-refractivity contribution < 1.29 is 14.3 Å². The summed E-state index contributed by atoms with van der Waals surface area (Å²) in [7, 11) is 1.83. The van der Waals surface area contributed by atoms with Gasteiger partial charge in [-0.15, -0.1) is 0 Å². The molecular formula is C12H13FN4O2. The molecule has 0 unspecified atom stereocenters. The molecule has 6 nitrogen and oxygen atoms in total. The van der Waals surface area contributed by atoms with Gasteiger partial charge in [0.05, 0.1) is 6.20 Å². The summed E-state index contributed by atoms with van der Waals surface area (Å²) in [5, 5.41) is 15.9. The molecule has 100 valence electrons. The zero-order chi connectivity index (χ0) is 13.8. The Morgan fingerprint density at radius 3 is 3.00 bits per heavy atom. The highest BCUT2D eigenvalue weighted by molar-refractivity contribution is 5.93. The number of rotatable bonds is 5. The van der Waals surface area contributed by atoms with Gasteiger partial charge in [0.1, 0.15) is 17.2 Å². The lowest BCUT2D eigenvalue weighted by molar-refractivity contribution is 0.0697. The average Bonchev–Trinajstić information content (AvgIpc) is 2.77. The van der Waals surface area contributed by atoms with Gasteiger partial charge in [-0.3, -0.25) is 4.68 Å². The van der Waals surface area contributed by atoms with Crippen molar-refractivity contribution in [1.82, 2.24) is 14.8 Å². The molecule has 2 aromatic heterocycles. The van der Waals surface area contributed by atoms with Gasteiger partial charge in [-0.05, 0) is 12.1 Å². The van der Waals surface area contributed by atoms with E-state index in [4.69, 9.17) is 5.11 Å². The first-order valence-corrected chi connectivity index (χ1v) is 5.67. The third kappa shape index (κ3) is 3.06. The Kier molecular flexibility index (Phi) is 3.74. The van der Waals surface area contributed by atoms with E-state index in [-0.39, 0.29) is 11.4 Å². The molecule has 0 fully saturated rings. The fourth-order valence-electron chi connectivity index (χ4n) is 1.70. The van der Waals surface area contributed by atoms with Crippen molar-refractivity contribution >= 4 is 11.8 Å². The van der Waals surface area contributed by atoms with Crippen molar-refractivity contribution in [1.29, 1.82) is 0 Å². The summed E-state index contributed by atoms with van der Waals surface area (Å²) < 4.78 is 14.7. The van der Waals surface area contributed by atoms with E-state index in [2.05, 4.69) is 15.4 Å². The molecule has 0 aliphatic carbocycles. The molecule has 19 heavy (non-hydrogen) atoms. The van der Waals surface area contributed by atoms with Crippen molar-refractivity contribution in [2.24, 2.45) is 7.05 Å². The van der Waals surface area contributed by atoms with Crippen LogP contribution in [0.3, 0.4) is 0 Å². The minimum Gasteiger partial charge on any atom is -0.478 e. The highest BCUT2D eigenvalue weighted by atomic mass is 19.1. The third-order valence-electron chi connectivity index (χ3n) is 2.68. The van der Waals surface area contributed by atoms with Crippen molar-refractivity contribution in [3.63, 3.8) is 0 Å². The Bertz CT molecular complexity index is 597. The number of hydrogen-bond donors (Lipinski definition) is 2. The number of nitrogens with one attached hydrogen (secondary N) is 1. The van der Waals surface area contributed by atoms with Crippen molar-refractivity contribution in [2.45, 2.75) is 6.42 Å².